The van der Waals surface area contributed by atoms with Crippen LogP contribution in [-0.4, -0.2) is 81.9 Å². The van der Waals surface area contributed by atoms with Gasteiger partial charge in [0.15, 0.2) is 11.5 Å². The number of nitrogens with zero attached hydrogens (tertiary/aromatic N) is 1. The Labute approximate surface area is 215 Å². The predicted octanol–water partition coefficient (Wildman–Crippen LogP) is 2.24. The van der Waals surface area contributed by atoms with Gasteiger partial charge in [-0.05, 0) is 50.1 Å². The molecular weight excluding hydrogens is 511 g/mol. The highest BCUT2D eigenvalue weighted by Gasteiger charge is 2.23. The number of carbonyl (C=O) groups is 2. The monoisotopic (exact) mass is 544 g/mol. The Morgan fingerprint density at radius 1 is 1.03 bits per heavy atom. The molecule has 3 N–H and O–H groups in total. The minimum Gasteiger partial charge on any atom is -0.495 e. The number of benzene rings is 2. The number of halogens is 1. The zero-order valence-electron chi connectivity index (χ0n) is 21.4. The van der Waals surface area contributed by atoms with Gasteiger partial charge in [0.25, 0.3) is 0 Å². The van der Waals surface area contributed by atoms with Crippen LogP contribution in [0.2, 0.25) is 0 Å². The number of carboxylic acids is 2. The van der Waals surface area contributed by atoms with Crippen LogP contribution >= 0.6 is 0 Å². The van der Waals surface area contributed by atoms with E-state index in [0.29, 0.717) is 43.4 Å². The Hall–Kier alpha value is -3.42. The standard InChI is InChI=1S/C22H31FN2O5S.C2H2O4/c1-6-29-19-10-8-18(23)15-21(19)30-12-11-24-16(2)13-17-7-9-20(28-5)22(14-17)31(26,27)25(3)4;3-1(4)2(5)6/h7-10,14-16,24H,6,11-13H2,1-5H3;(H,3,4)(H,5,6). The van der Waals surface area contributed by atoms with Gasteiger partial charge in [0.05, 0.1) is 13.7 Å². The first-order chi connectivity index (χ1) is 17.3. The van der Waals surface area contributed by atoms with Gasteiger partial charge in [-0.25, -0.2) is 26.7 Å². The molecule has 0 aromatic heterocycles. The third-order valence-corrected chi connectivity index (χ3v) is 6.61. The number of nitrogens with one attached hydrogen (secondary N) is 1. The maximum atomic E-state index is 13.5. The third-order valence-electron chi connectivity index (χ3n) is 4.77. The molecule has 0 saturated heterocycles. The molecule has 13 heteroatoms. The minimum absolute atomic E-state index is 0.0609. The Kier molecular flexibility index (Phi) is 12.8. The van der Waals surface area contributed by atoms with E-state index in [1.807, 2.05) is 19.9 Å². The summed E-state index contributed by atoms with van der Waals surface area (Å²) >= 11 is 0. The van der Waals surface area contributed by atoms with E-state index in [2.05, 4.69) is 5.32 Å². The van der Waals surface area contributed by atoms with E-state index in [9.17, 15) is 12.8 Å². The summed E-state index contributed by atoms with van der Waals surface area (Å²) in [6.45, 7) is 5.17. The molecule has 1 atom stereocenters. The summed E-state index contributed by atoms with van der Waals surface area (Å²) < 4.78 is 56.1. The van der Waals surface area contributed by atoms with Crippen LogP contribution in [0.15, 0.2) is 41.3 Å². The van der Waals surface area contributed by atoms with Gasteiger partial charge in [-0.15, -0.1) is 0 Å². The van der Waals surface area contributed by atoms with Crippen molar-refractivity contribution in [3.05, 3.63) is 47.8 Å². The number of carboxylic acid groups (broad SMARTS) is 2. The first-order valence-corrected chi connectivity index (χ1v) is 12.6. The van der Waals surface area contributed by atoms with E-state index >= 15 is 0 Å². The lowest BCUT2D eigenvalue weighted by atomic mass is 10.1. The van der Waals surface area contributed by atoms with Gasteiger partial charge >= 0.3 is 11.9 Å². The molecule has 37 heavy (non-hydrogen) atoms. The molecule has 2 aromatic rings. The van der Waals surface area contributed by atoms with Crippen LogP contribution in [0.5, 0.6) is 17.2 Å². The van der Waals surface area contributed by atoms with E-state index in [4.69, 9.17) is 34.0 Å². The Morgan fingerprint density at radius 2 is 1.65 bits per heavy atom. The van der Waals surface area contributed by atoms with Crippen LogP contribution in [-0.2, 0) is 26.0 Å². The average Bonchev–Trinajstić information content (AvgIpc) is 2.83. The highest BCUT2D eigenvalue weighted by molar-refractivity contribution is 7.89. The van der Waals surface area contributed by atoms with Crippen LogP contribution in [0.3, 0.4) is 0 Å². The Morgan fingerprint density at radius 3 is 2.19 bits per heavy atom. The van der Waals surface area contributed by atoms with E-state index in [0.717, 1.165) is 9.87 Å². The van der Waals surface area contributed by atoms with Crippen LogP contribution < -0.4 is 19.5 Å². The van der Waals surface area contributed by atoms with Crippen molar-refractivity contribution in [2.45, 2.75) is 31.2 Å². The summed E-state index contributed by atoms with van der Waals surface area (Å²) in [5.41, 5.74) is 0.867. The number of hydrogen-bond acceptors (Lipinski definition) is 8. The summed E-state index contributed by atoms with van der Waals surface area (Å²) in [4.78, 5) is 18.3. The third kappa shape index (κ3) is 10.2. The van der Waals surface area contributed by atoms with E-state index in [1.165, 1.54) is 33.3 Å². The minimum atomic E-state index is -3.62. The topological polar surface area (TPSA) is 152 Å². The molecule has 0 fully saturated rings. The Bertz CT molecular complexity index is 1140. The second kappa shape index (κ2) is 15.0. The normalized spacial score (nSPS) is 11.8. The fourth-order valence-corrected chi connectivity index (χ4v) is 4.11. The van der Waals surface area contributed by atoms with Crippen molar-refractivity contribution in [2.75, 3.05) is 41.0 Å². The van der Waals surface area contributed by atoms with E-state index in [1.54, 1.807) is 18.2 Å². The van der Waals surface area contributed by atoms with Gasteiger partial charge in [0, 0.05) is 32.7 Å². The number of aliphatic carboxylic acids is 2. The molecule has 0 spiro atoms. The number of ether oxygens (including phenoxy) is 3. The quantitative estimate of drug-likeness (QED) is 0.268. The molecule has 0 bridgehead atoms. The fourth-order valence-electron chi connectivity index (χ4n) is 3.01. The van der Waals surface area contributed by atoms with E-state index < -0.39 is 22.0 Å². The lowest BCUT2D eigenvalue weighted by molar-refractivity contribution is -0.159. The molecule has 0 aliphatic heterocycles. The maximum Gasteiger partial charge on any atom is 0.414 e. The largest absolute Gasteiger partial charge is 0.495 e. The number of sulfonamides is 1. The van der Waals surface area contributed by atoms with E-state index in [-0.39, 0.29) is 16.8 Å². The lowest BCUT2D eigenvalue weighted by Gasteiger charge is -2.18. The fraction of sp³-hybridized carbons (Fsp3) is 0.417. The summed E-state index contributed by atoms with van der Waals surface area (Å²) in [5, 5.41) is 18.1. The van der Waals surface area contributed by atoms with Crippen molar-refractivity contribution in [1.82, 2.24) is 9.62 Å². The molecule has 0 amide bonds. The number of methoxy groups -OCH3 is 1. The highest BCUT2D eigenvalue weighted by atomic mass is 32.2. The average molecular weight is 545 g/mol. The molecular formula is C24H33FN2O9S. The first kappa shape index (κ1) is 31.6. The summed E-state index contributed by atoms with van der Waals surface area (Å²) in [6.07, 6.45) is 0.615. The molecule has 2 rings (SSSR count). The van der Waals surface area contributed by atoms with Gasteiger partial charge in [-0.2, -0.15) is 0 Å². The van der Waals surface area contributed by atoms with Crippen LogP contribution in [0.25, 0.3) is 0 Å². The molecule has 0 aliphatic rings. The maximum absolute atomic E-state index is 13.5. The van der Waals surface area contributed by atoms with Crippen molar-refractivity contribution < 1.29 is 46.8 Å². The lowest BCUT2D eigenvalue weighted by Crippen LogP contribution is -2.32. The van der Waals surface area contributed by atoms with Crippen molar-refractivity contribution in [1.29, 1.82) is 0 Å². The van der Waals surface area contributed by atoms with Crippen molar-refractivity contribution in [3.8, 4) is 17.2 Å². The van der Waals surface area contributed by atoms with Gasteiger partial charge in [0.2, 0.25) is 10.0 Å². The molecule has 0 saturated carbocycles. The summed E-state index contributed by atoms with van der Waals surface area (Å²) in [7, 11) is 0.806. The first-order valence-electron chi connectivity index (χ1n) is 11.2. The summed E-state index contributed by atoms with van der Waals surface area (Å²) in [5.74, 6) is -2.85. The predicted molar refractivity (Wildman–Crippen MR) is 133 cm³/mol. The molecule has 2 aromatic carbocycles. The highest BCUT2D eigenvalue weighted by Crippen LogP contribution is 2.28. The molecule has 206 valence electrons. The van der Waals surface area contributed by atoms with Crippen LogP contribution in [0, 0.1) is 5.82 Å². The van der Waals surface area contributed by atoms with Crippen LogP contribution in [0.4, 0.5) is 4.39 Å². The van der Waals surface area contributed by atoms with Gasteiger partial charge in [0.1, 0.15) is 23.1 Å². The second-order valence-corrected chi connectivity index (χ2v) is 9.94. The zero-order valence-corrected chi connectivity index (χ0v) is 22.2. The molecule has 1 unspecified atom stereocenters. The van der Waals surface area contributed by atoms with Crippen LogP contribution in [0.1, 0.15) is 19.4 Å². The SMILES string of the molecule is CCOc1ccc(F)cc1OCCNC(C)Cc1ccc(OC)c(S(=O)(=O)N(C)C)c1.O=C(O)C(=O)O. The smallest absolute Gasteiger partial charge is 0.414 e. The van der Waals surface area contributed by atoms with Gasteiger partial charge in [-0.1, -0.05) is 6.07 Å². The number of hydrogen-bond donors (Lipinski definition) is 3. The summed E-state index contributed by atoms with van der Waals surface area (Å²) in [6, 6.07) is 9.41. The number of rotatable bonds is 12. The van der Waals surface area contributed by atoms with Crippen molar-refractivity contribution >= 4 is 22.0 Å². The van der Waals surface area contributed by atoms with Gasteiger partial charge < -0.3 is 29.7 Å². The Balaban J connectivity index is 0.00000102. The molecule has 0 heterocycles. The van der Waals surface area contributed by atoms with Crippen molar-refractivity contribution in [2.24, 2.45) is 0 Å². The molecule has 0 aliphatic carbocycles. The molecule has 0 radical (unpaired) electrons. The molecule has 11 nitrogen and oxygen atoms in total. The second-order valence-electron chi connectivity index (χ2n) is 7.81. The zero-order chi connectivity index (χ0) is 28.2. The van der Waals surface area contributed by atoms with Crippen molar-refractivity contribution in [3.63, 3.8) is 0 Å². The van der Waals surface area contributed by atoms with Gasteiger partial charge in [-0.3, -0.25) is 0 Å².